The molecular formula is C14H27NO2. The maximum atomic E-state index is 11.1. The van der Waals surface area contributed by atoms with Crippen LogP contribution < -0.4 is 0 Å². The molecule has 0 aromatic carbocycles. The summed E-state index contributed by atoms with van der Waals surface area (Å²) in [6.45, 7) is 11.0. The van der Waals surface area contributed by atoms with Gasteiger partial charge in [0.05, 0.1) is 6.54 Å². The molecule has 0 aromatic heterocycles. The SMILES string of the molecule is CC1(C)CCCCC1N(CC(=O)O)C(C)(C)C. The quantitative estimate of drug-likeness (QED) is 0.825. The zero-order chi connectivity index (χ0) is 13.3. The molecule has 100 valence electrons. The molecule has 1 aliphatic carbocycles. The Morgan fingerprint density at radius 3 is 2.35 bits per heavy atom. The Bertz CT molecular complexity index is 278. The lowest BCUT2D eigenvalue weighted by Crippen LogP contribution is -2.56. The summed E-state index contributed by atoms with van der Waals surface area (Å²) in [5.74, 6) is -0.721. The van der Waals surface area contributed by atoms with Gasteiger partial charge in [-0.2, -0.15) is 0 Å². The van der Waals surface area contributed by atoms with Crippen LogP contribution in [0.15, 0.2) is 0 Å². The fourth-order valence-corrected chi connectivity index (χ4v) is 3.01. The molecule has 0 bridgehead atoms. The van der Waals surface area contributed by atoms with Gasteiger partial charge in [-0.1, -0.05) is 26.7 Å². The van der Waals surface area contributed by atoms with Gasteiger partial charge in [-0.15, -0.1) is 0 Å². The van der Waals surface area contributed by atoms with E-state index in [2.05, 4.69) is 39.5 Å². The number of rotatable bonds is 3. The second kappa shape index (κ2) is 4.97. The van der Waals surface area contributed by atoms with Gasteiger partial charge >= 0.3 is 5.97 Å². The van der Waals surface area contributed by atoms with E-state index in [4.69, 9.17) is 5.11 Å². The van der Waals surface area contributed by atoms with Gasteiger partial charge in [0.15, 0.2) is 0 Å². The Kier molecular flexibility index (Phi) is 4.23. The van der Waals surface area contributed by atoms with Gasteiger partial charge < -0.3 is 5.11 Å². The molecule has 1 unspecified atom stereocenters. The van der Waals surface area contributed by atoms with Crippen LogP contribution in [-0.2, 0) is 4.79 Å². The Hall–Kier alpha value is -0.570. The van der Waals surface area contributed by atoms with Crippen molar-refractivity contribution in [1.29, 1.82) is 0 Å². The van der Waals surface area contributed by atoms with Gasteiger partial charge in [0, 0.05) is 11.6 Å². The molecule has 0 spiro atoms. The van der Waals surface area contributed by atoms with Crippen molar-refractivity contribution in [2.45, 2.75) is 71.9 Å². The second-order valence-corrected chi connectivity index (χ2v) is 6.94. The largest absolute Gasteiger partial charge is 0.480 e. The van der Waals surface area contributed by atoms with Crippen molar-refractivity contribution in [3.05, 3.63) is 0 Å². The highest BCUT2D eigenvalue weighted by molar-refractivity contribution is 5.69. The molecule has 17 heavy (non-hydrogen) atoms. The summed E-state index contributed by atoms with van der Waals surface area (Å²) in [5, 5.41) is 9.11. The van der Waals surface area contributed by atoms with E-state index in [0.29, 0.717) is 6.04 Å². The van der Waals surface area contributed by atoms with Crippen molar-refractivity contribution in [3.8, 4) is 0 Å². The zero-order valence-electron chi connectivity index (χ0n) is 11.9. The third kappa shape index (κ3) is 3.70. The molecular weight excluding hydrogens is 214 g/mol. The minimum Gasteiger partial charge on any atom is -0.480 e. The van der Waals surface area contributed by atoms with Crippen LogP contribution >= 0.6 is 0 Å². The first kappa shape index (κ1) is 14.5. The van der Waals surface area contributed by atoms with Crippen molar-refractivity contribution in [2.24, 2.45) is 5.41 Å². The van der Waals surface area contributed by atoms with E-state index in [1.165, 1.54) is 19.3 Å². The first-order valence-corrected chi connectivity index (χ1v) is 6.63. The third-order valence-corrected chi connectivity index (χ3v) is 3.99. The third-order valence-electron chi connectivity index (χ3n) is 3.99. The van der Waals surface area contributed by atoms with Gasteiger partial charge in [0.25, 0.3) is 0 Å². The molecule has 1 rings (SSSR count). The summed E-state index contributed by atoms with van der Waals surface area (Å²) >= 11 is 0. The van der Waals surface area contributed by atoms with Gasteiger partial charge in [0.2, 0.25) is 0 Å². The molecule has 1 aliphatic rings. The molecule has 1 atom stereocenters. The normalized spacial score (nSPS) is 24.9. The van der Waals surface area contributed by atoms with Crippen LogP contribution in [0.2, 0.25) is 0 Å². The Balaban J connectivity index is 2.92. The predicted molar refractivity (Wildman–Crippen MR) is 70.1 cm³/mol. The van der Waals surface area contributed by atoms with Gasteiger partial charge in [-0.3, -0.25) is 9.69 Å². The number of hydrogen-bond acceptors (Lipinski definition) is 2. The Morgan fingerprint density at radius 2 is 1.94 bits per heavy atom. The van der Waals surface area contributed by atoms with Crippen LogP contribution in [0.25, 0.3) is 0 Å². The summed E-state index contributed by atoms with van der Waals surface area (Å²) in [6, 6.07) is 0.382. The van der Waals surface area contributed by atoms with E-state index in [-0.39, 0.29) is 17.5 Å². The second-order valence-electron chi connectivity index (χ2n) is 6.94. The minimum atomic E-state index is -0.721. The van der Waals surface area contributed by atoms with E-state index in [1.807, 2.05) is 0 Å². The number of carbonyl (C=O) groups is 1. The van der Waals surface area contributed by atoms with Crippen molar-refractivity contribution in [1.82, 2.24) is 4.90 Å². The Labute approximate surface area is 105 Å². The van der Waals surface area contributed by atoms with Crippen LogP contribution in [0, 0.1) is 5.41 Å². The molecule has 1 fully saturated rings. The average Bonchev–Trinajstić information content (AvgIpc) is 2.12. The standard InChI is InChI=1S/C14H27NO2/c1-13(2,3)15(10-12(16)17)11-8-6-7-9-14(11,4)5/h11H,6-10H2,1-5H3,(H,16,17). The molecule has 1 saturated carbocycles. The smallest absolute Gasteiger partial charge is 0.317 e. The van der Waals surface area contributed by atoms with Crippen molar-refractivity contribution in [3.63, 3.8) is 0 Å². The van der Waals surface area contributed by atoms with E-state index in [9.17, 15) is 4.79 Å². The maximum Gasteiger partial charge on any atom is 0.317 e. The maximum absolute atomic E-state index is 11.1. The molecule has 0 aliphatic heterocycles. The molecule has 1 N–H and O–H groups in total. The molecule has 0 aromatic rings. The van der Waals surface area contributed by atoms with E-state index >= 15 is 0 Å². The van der Waals surface area contributed by atoms with Crippen LogP contribution in [0.1, 0.15) is 60.3 Å². The summed E-state index contributed by atoms with van der Waals surface area (Å²) < 4.78 is 0. The van der Waals surface area contributed by atoms with Gasteiger partial charge in [-0.05, 0) is 39.0 Å². The topological polar surface area (TPSA) is 40.5 Å². The summed E-state index contributed by atoms with van der Waals surface area (Å²) in [5.41, 5.74) is 0.138. The number of carboxylic acids is 1. The van der Waals surface area contributed by atoms with E-state index < -0.39 is 5.97 Å². The molecule has 0 amide bonds. The highest BCUT2D eigenvalue weighted by Crippen LogP contribution is 2.40. The lowest BCUT2D eigenvalue weighted by Gasteiger charge is -2.50. The zero-order valence-corrected chi connectivity index (χ0v) is 11.9. The van der Waals surface area contributed by atoms with Crippen molar-refractivity contribution in [2.75, 3.05) is 6.54 Å². The molecule has 0 heterocycles. The van der Waals surface area contributed by atoms with Crippen molar-refractivity contribution < 1.29 is 9.90 Å². The number of carboxylic acid groups (broad SMARTS) is 1. The fourth-order valence-electron chi connectivity index (χ4n) is 3.01. The monoisotopic (exact) mass is 241 g/mol. The first-order chi connectivity index (χ1) is 7.64. The molecule has 0 saturated heterocycles. The minimum absolute atomic E-state index is 0.0856. The van der Waals surface area contributed by atoms with E-state index in [1.54, 1.807) is 0 Å². The highest BCUT2D eigenvalue weighted by Gasteiger charge is 2.40. The Morgan fingerprint density at radius 1 is 1.35 bits per heavy atom. The van der Waals surface area contributed by atoms with Crippen LogP contribution in [0.5, 0.6) is 0 Å². The molecule has 3 nitrogen and oxygen atoms in total. The van der Waals surface area contributed by atoms with E-state index in [0.717, 1.165) is 6.42 Å². The number of aliphatic carboxylic acids is 1. The number of hydrogen-bond donors (Lipinski definition) is 1. The number of nitrogens with zero attached hydrogens (tertiary/aromatic N) is 1. The van der Waals surface area contributed by atoms with Crippen LogP contribution in [0.4, 0.5) is 0 Å². The summed E-state index contributed by atoms with van der Waals surface area (Å²) in [7, 11) is 0. The molecule has 3 heteroatoms. The van der Waals surface area contributed by atoms with Gasteiger partial charge in [0.1, 0.15) is 0 Å². The average molecular weight is 241 g/mol. The molecule has 0 radical (unpaired) electrons. The van der Waals surface area contributed by atoms with Crippen LogP contribution in [-0.4, -0.2) is 34.1 Å². The van der Waals surface area contributed by atoms with Crippen LogP contribution in [0.3, 0.4) is 0 Å². The summed E-state index contributed by atoms with van der Waals surface area (Å²) in [6.07, 6.45) is 4.82. The van der Waals surface area contributed by atoms with Crippen molar-refractivity contribution >= 4 is 5.97 Å². The summed E-state index contributed by atoms with van der Waals surface area (Å²) in [4.78, 5) is 13.2. The highest BCUT2D eigenvalue weighted by atomic mass is 16.4. The predicted octanol–water partition coefficient (Wildman–Crippen LogP) is 3.14. The first-order valence-electron chi connectivity index (χ1n) is 6.63. The fraction of sp³-hybridized carbons (Fsp3) is 0.929. The lowest BCUT2D eigenvalue weighted by molar-refractivity contribution is -0.142. The van der Waals surface area contributed by atoms with Gasteiger partial charge in [-0.25, -0.2) is 0 Å². The lowest BCUT2D eigenvalue weighted by atomic mass is 9.71.